The zero-order valence-electron chi connectivity index (χ0n) is 18.4. The van der Waals surface area contributed by atoms with Gasteiger partial charge < -0.3 is 20.3 Å². The summed E-state index contributed by atoms with van der Waals surface area (Å²) in [7, 11) is 0. The van der Waals surface area contributed by atoms with Crippen molar-refractivity contribution in [1.29, 1.82) is 0 Å². The molecule has 1 unspecified atom stereocenters. The number of hydrogen-bond acceptors (Lipinski definition) is 3. The lowest BCUT2D eigenvalue weighted by atomic mass is 9.97. The predicted molar refractivity (Wildman–Crippen MR) is 130 cm³/mol. The first-order chi connectivity index (χ1) is 13.3. The Morgan fingerprint density at radius 2 is 1.86 bits per heavy atom. The highest BCUT2D eigenvalue weighted by molar-refractivity contribution is 14.0. The van der Waals surface area contributed by atoms with Crippen molar-refractivity contribution in [1.82, 2.24) is 15.5 Å². The van der Waals surface area contributed by atoms with Crippen LogP contribution in [0.5, 0.6) is 0 Å². The lowest BCUT2D eigenvalue weighted by Crippen LogP contribution is -2.42. The molecule has 0 aromatic heterocycles. The first kappa shape index (κ1) is 25.5. The molecule has 1 aliphatic heterocycles. The van der Waals surface area contributed by atoms with E-state index in [0.29, 0.717) is 5.92 Å². The van der Waals surface area contributed by atoms with Crippen LogP contribution in [0.15, 0.2) is 35.3 Å². The Balaban J connectivity index is 0.00000420. The number of likely N-dealkylation sites (tertiary alicyclic amines) is 1. The van der Waals surface area contributed by atoms with E-state index in [1.807, 2.05) is 31.7 Å². The van der Waals surface area contributed by atoms with Crippen LogP contribution in [0.25, 0.3) is 0 Å². The number of ether oxygens (including phenoxy) is 1. The molecule has 1 aromatic rings. The van der Waals surface area contributed by atoms with E-state index in [4.69, 9.17) is 9.73 Å². The summed E-state index contributed by atoms with van der Waals surface area (Å²) < 4.78 is 5.47. The summed E-state index contributed by atoms with van der Waals surface area (Å²) in [6.07, 6.45) is 1.70. The average Bonchev–Trinajstić information content (AvgIpc) is 2.66. The number of benzene rings is 1. The van der Waals surface area contributed by atoms with Gasteiger partial charge in [0.1, 0.15) is 5.60 Å². The fraction of sp³-hybridized carbons (Fsp3) is 0.636. The smallest absolute Gasteiger partial charge is 0.410 e. The molecule has 7 heteroatoms. The first-order valence-electron chi connectivity index (χ1n) is 10.4. The van der Waals surface area contributed by atoms with Crippen molar-refractivity contribution in [2.75, 3.05) is 26.2 Å². The number of hydrogen-bond donors (Lipinski definition) is 2. The third-order valence-corrected chi connectivity index (χ3v) is 4.77. The maximum absolute atomic E-state index is 12.2. The van der Waals surface area contributed by atoms with Gasteiger partial charge in [-0.25, -0.2) is 4.79 Å². The number of guanidine groups is 1. The van der Waals surface area contributed by atoms with Gasteiger partial charge in [-0.1, -0.05) is 30.3 Å². The van der Waals surface area contributed by atoms with Crippen molar-refractivity contribution in [3.63, 3.8) is 0 Å². The Morgan fingerprint density at radius 3 is 2.41 bits per heavy atom. The topological polar surface area (TPSA) is 66.0 Å². The van der Waals surface area contributed by atoms with Crippen molar-refractivity contribution in [2.45, 2.75) is 59.1 Å². The number of carbonyl (C=O) groups is 1. The molecule has 1 fully saturated rings. The molecule has 1 amide bonds. The number of amides is 1. The largest absolute Gasteiger partial charge is 0.444 e. The van der Waals surface area contributed by atoms with Gasteiger partial charge in [0, 0.05) is 26.2 Å². The van der Waals surface area contributed by atoms with Crippen LogP contribution in [0.2, 0.25) is 0 Å². The van der Waals surface area contributed by atoms with E-state index in [2.05, 4.69) is 48.7 Å². The van der Waals surface area contributed by atoms with Crippen LogP contribution < -0.4 is 10.6 Å². The molecule has 1 aliphatic rings. The van der Waals surface area contributed by atoms with E-state index in [9.17, 15) is 4.79 Å². The summed E-state index contributed by atoms with van der Waals surface area (Å²) in [5.74, 6) is 1.33. The Labute approximate surface area is 192 Å². The van der Waals surface area contributed by atoms with Crippen LogP contribution in [0, 0.1) is 5.92 Å². The predicted octanol–water partition coefficient (Wildman–Crippen LogP) is 4.57. The second-order valence-electron chi connectivity index (χ2n) is 8.41. The third kappa shape index (κ3) is 9.23. The minimum absolute atomic E-state index is 0. The standard InChI is InChI=1S/C22H36N4O2.HI/c1-6-23-20(25-17(2)19-10-8-7-9-11-19)24-16-18-12-14-26(15-13-18)21(27)28-22(3,4)5;/h7-11,17-18H,6,12-16H2,1-5H3,(H2,23,24,25);1H. The molecular weight excluding hydrogens is 479 g/mol. The van der Waals surface area contributed by atoms with E-state index < -0.39 is 5.60 Å². The minimum Gasteiger partial charge on any atom is -0.444 e. The number of nitrogens with zero attached hydrogens (tertiary/aromatic N) is 2. The maximum Gasteiger partial charge on any atom is 0.410 e. The van der Waals surface area contributed by atoms with Gasteiger partial charge in [0.05, 0.1) is 6.04 Å². The Kier molecular flexibility index (Phi) is 10.8. The van der Waals surface area contributed by atoms with Gasteiger partial charge >= 0.3 is 6.09 Å². The van der Waals surface area contributed by atoms with Crippen LogP contribution in [0.4, 0.5) is 4.79 Å². The van der Waals surface area contributed by atoms with E-state index in [0.717, 1.165) is 45.0 Å². The molecule has 2 rings (SSSR count). The molecule has 1 aromatic carbocycles. The van der Waals surface area contributed by atoms with Crippen molar-refractivity contribution >= 4 is 36.0 Å². The molecule has 2 N–H and O–H groups in total. The summed E-state index contributed by atoms with van der Waals surface area (Å²) in [4.78, 5) is 18.8. The number of rotatable bonds is 5. The molecule has 1 atom stereocenters. The molecule has 1 heterocycles. The molecular formula is C22H37IN4O2. The Hall–Kier alpha value is -1.51. The monoisotopic (exact) mass is 516 g/mol. The van der Waals surface area contributed by atoms with Crippen LogP contribution in [-0.2, 0) is 4.74 Å². The molecule has 1 saturated heterocycles. The molecule has 0 saturated carbocycles. The van der Waals surface area contributed by atoms with E-state index in [1.165, 1.54) is 5.56 Å². The van der Waals surface area contributed by atoms with Gasteiger partial charge in [-0.3, -0.25) is 4.99 Å². The van der Waals surface area contributed by atoms with Crippen molar-refractivity contribution in [3.05, 3.63) is 35.9 Å². The first-order valence-corrected chi connectivity index (χ1v) is 10.4. The number of aliphatic imine (C=N–C) groups is 1. The van der Waals surface area contributed by atoms with Crippen molar-refractivity contribution in [2.24, 2.45) is 10.9 Å². The number of carbonyl (C=O) groups excluding carboxylic acids is 1. The van der Waals surface area contributed by atoms with E-state index >= 15 is 0 Å². The molecule has 0 bridgehead atoms. The van der Waals surface area contributed by atoms with Crippen LogP contribution in [0.1, 0.15) is 59.1 Å². The van der Waals surface area contributed by atoms with Gasteiger partial charge in [0.15, 0.2) is 5.96 Å². The molecule has 0 radical (unpaired) electrons. The van der Waals surface area contributed by atoms with E-state index in [1.54, 1.807) is 0 Å². The quantitative estimate of drug-likeness (QED) is 0.342. The lowest BCUT2D eigenvalue weighted by molar-refractivity contribution is 0.0187. The second-order valence-corrected chi connectivity index (χ2v) is 8.41. The fourth-order valence-electron chi connectivity index (χ4n) is 3.20. The van der Waals surface area contributed by atoms with Crippen LogP contribution in [-0.4, -0.2) is 48.7 Å². The summed E-state index contributed by atoms with van der Waals surface area (Å²) >= 11 is 0. The summed E-state index contributed by atoms with van der Waals surface area (Å²) in [6, 6.07) is 10.6. The molecule has 29 heavy (non-hydrogen) atoms. The summed E-state index contributed by atoms with van der Waals surface area (Å²) in [5.41, 5.74) is 0.791. The Bertz CT molecular complexity index is 638. The lowest BCUT2D eigenvalue weighted by Gasteiger charge is -2.33. The summed E-state index contributed by atoms with van der Waals surface area (Å²) in [5, 5.41) is 6.81. The molecule has 164 valence electrons. The van der Waals surface area contributed by atoms with Crippen molar-refractivity contribution < 1.29 is 9.53 Å². The maximum atomic E-state index is 12.2. The van der Waals surface area contributed by atoms with Gasteiger partial charge in [-0.15, -0.1) is 24.0 Å². The zero-order chi connectivity index (χ0) is 20.6. The third-order valence-electron chi connectivity index (χ3n) is 4.77. The number of piperidine rings is 1. The second kappa shape index (κ2) is 12.2. The fourth-order valence-corrected chi connectivity index (χ4v) is 3.20. The van der Waals surface area contributed by atoms with Crippen LogP contribution in [0.3, 0.4) is 0 Å². The number of nitrogens with one attached hydrogen (secondary N) is 2. The highest BCUT2D eigenvalue weighted by atomic mass is 127. The van der Waals surface area contributed by atoms with Gasteiger partial charge in [-0.2, -0.15) is 0 Å². The SMILES string of the molecule is CCNC(=NCC1CCN(C(=O)OC(C)(C)C)CC1)NC(C)c1ccccc1.I. The van der Waals surface area contributed by atoms with Crippen molar-refractivity contribution in [3.8, 4) is 0 Å². The summed E-state index contributed by atoms with van der Waals surface area (Å²) in [6.45, 7) is 13.0. The minimum atomic E-state index is -0.444. The zero-order valence-corrected chi connectivity index (χ0v) is 20.7. The van der Waals surface area contributed by atoms with E-state index in [-0.39, 0.29) is 36.1 Å². The Morgan fingerprint density at radius 1 is 1.24 bits per heavy atom. The average molecular weight is 516 g/mol. The highest BCUT2D eigenvalue weighted by Gasteiger charge is 2.26. The van der Waals surface area contributed by atoms with Crippen LogP contribution >= 0.6 is 24.0 Å². The normalized spacial score (nSPS) is 16.6. The van der Waals surface area contributed by atoms with Gasteiger partial charge in [0.25, 0.3) is 0 Å². The number of halogens is 1. The molecule has 0 spiro atoms. The van der Waals surface area contributed by atoms with Gasteiger partial charge in [-0.05, 0) is 58.9 Å². The molecule has 0 aliphatic carbocycles. The van der Waals surface area contributed by atoms with Gasteiger partial charge in [0.2, 0.25) is 0 Å². The highest BCUT2D eigenvalue weighted by Crippen LogP contribution is 2.20. The molecule has 6 nitrogen and oxygen atoms in total.